The number of halogens is 2. The summed E-state index contributed by atoms with van der Waals surface area (Å²) in [6.07, 6.45) is 0. The molecule has 2 rings (SSSR count). The Morgan fingerprint density at radius 1 is 1.24 bits per heavy atom. The summed E-state index contributed by atoms with van der Waals surface area (Å²) in [5.41, 5.74) is 1.17. The quantitative estimate of drug-likeness (QED) is 0.826. The van der Waals surface area contributed by atoms with Crippen LogP contribution in [0.25, 0.3) is 11.4 Å². The lowest BCUT2D eigenvalue weighted by Crippen LogP contribution is -1.99. The van der Waals surface area contributed by atoms with Crippen LogP contribution in [0.1, 0.15) is 5.56 Å². The Morgan fingerprint density at radius 2 is 2.00 bits per heavy atom. The molecular formula is C11H9ClFN3O. The number of aryl methyl sites for hydroxylation is 1. The van der Waals surface area contributed by atoms with Gasteiger partial charge in [0.15, 0.2) is 5.82 Å². The molecule has 0 aliphatic rings. The monoisotopic (exact) mass is 253 g/mol. The van der Waals surface area contributed by atoms with Gasteiger partial charge in [0.05, 0.1) is 12.7 Å². The van der Waals surface area contributed by atoms with Gasteiger partial charge in [-0.2, -0.15) is 15.0 Å². The second-order valence-corrected chi connectivity index (χ2v) is 3.74. The number of methoxy groups -OCH3 is 1. The number of hydrogen-bond acceptors (Lipinski definition) is 4. The summed E-state index contributed by atoms with van der Waals surface area (Å²) in [4.78, 5) is 11.6. The van der Waals surface area contributed by atoms with Crippen molar-refractivity contribution in [1.82, 2.24) is 15.0 Å². The molecule has 0 saturated heterocycles. The molecule has 0 aliphatic carbocycles. The molecule has 0 bridgehead atoms. The third kappa shape index (κ3) is 2.50. The van der Waals surface area contributed by atoms with Crippen molar-refractivity contribution in [3.63, 3.8) is 0 Å². The van der Waals surface area contributed by atoms with Crippen LogP contribution >= 0.6 is 11.6 Å². The first-order valence-corrected chi connectivity index (χ1v) is 5.20. The van der Waals surface area contributed by atoms with E-state index in [9.17, 15) is 4.39 Å². The van der Waals surface area contributed by atoms with Crippen LogP contribution in [0.2, 0.25) is 5.28 Å². The highest BCUT2D eigenvalue weighted by atomic mass is 35.5. The topological polar surface area (TPSA) is 47.9 Å². The molecule has 0 N–H and O–H groups in total. The summed E-state index contributed by atoms with van der Waals surface area (Å²) in [6, 6.07) is 4.72. The van der Waals surface area contributed by atoms with Crippen molar-refractivity contribution in [2.24, 2.45) is 0 Å². The fourth-order valence-corrected chi connectivity index (χ4v) is 1.51. The maximum Gasteiger partial charge on any atom is 0.321 e. The van der Waals surface area contributed by atoms with Crippen molar-refractivity contribution in [2.45, 2.75) is 6.92 Å². The summed E-state index contributed by atoms with van der Waals surface area (Å²) < 4.78 is 18.5. The number of benzene rings is 1. The molecule has 2 aromatic rings. The molecule has 88 valence electrons. The van der Waals surface area contributed by atoms with Gasteiger partial charge < -0.3 is 4.74 Å². The standard InChI is InChI=1S/C11H9ClFN3O/c1-6-3-4-8(13)7(5-6)9-14-10(12)16-11(15-9)17-2/h3-5H,1-2H3. The average molecular weight is 254 g/mol. The van der Waals surface area contributed by atoms with E-state index >= 15 is 0 Å². The minimum atomic E-state index is -0.417. The zero-order valence-corrected chi connectivity index (χ0v) is 9.99. The number of aromatic nitrogens is 3. The Labute approximate surface area is 102 Å². The van der Waals surface area contributed by atoms with Crippen LogP contribution in [-0.4, -0.2) is 22.1 Å². The summed E-state index contributed by atoms with van der Waals surface area (Å²) >= 11 is 5.71. The van der Waals surface area contributed by atoms with Crippen molar-refractivity contribution < 1.29 is 9.13 Å². The largest absolute Gasteiger partial charge is 0.467 e. The van der Waals surface area contributed by atoms with Gasteiger partial charge in [-0.1, -0.05) is 11.6 Å². The maximum atomic E-state index is 13.6. The first kappa shape index (κ1) is 11.7. The smallest absolute Gasteiger partial charge is 0.321 e. The molecule has 0 fully saturated rings. The van der Waals surface area contributed by atoms with Gasteiger partial charge in [0.1, 0.15) is 5.82 Å². The lowest BCUT2D eigenvalue weighted by Gasteiger charge is -2.05. The molecule has 1 aromatic carbocycles. The Kier molecular flexibility index (Phi) is 3.19. The number of hydrogen-bond donors (Lipinski definition) is 0. The zero-order chi connectivity index (χ0) is 12.4. The Balaban J connectivity index is 2.59. The third-order valence-corrected chi connectivity index (χ3v) is 2.30. The predicted molar refractivity (Wildman–Crippen MR) is 61.5 cm³/mol. The van der Waals surface area contributed by atoms with E-state index in [1.165, 1.54) is 13.2 Å². The van der Waals surface area contributed by atoms with Crippen LogP contribution in [0, 0.1) is 12.7 Å². The molecule has 0 radical (unpaired) electrons. The van der Waals surface area contributed by atoms with Gasteiger partial charge in [-0.05, 0) is 30.7 Å². The van der Waals surface area contributed by atoms with Crippen LogP contribution in [0.4, 0.5) is 4.39 Å². The maximum absolute atomic E-state index is 13.6. The van der Waals surface area contributed by atoms with Gasteiger partial charge in [-0.3, -0.25) is 0 Å². The van der Waals surface area contributed by atoms with Crippen LogP contribution in [0.15, 0.2) is 18.2 Å². The molecule has 0 aliphatic heterocycles. The van der Waals surface area contributed by atoms with E-state index in [2.05, 4.69) is 15.0 Å². The summed E-state index contributed by atoms with van der Waals surface area (Å²) in [7, 11) is 1.40. The molecular weight excluding hydrogens is 245 g/mol. The minimum Gasteiger partial charge on any atom is -0.467 e. The highest BCUT2D eigenvalue weighted by Crippen LogP contribution is 2.22. The van der Waals surface area contributed by atoms with E-state index in [4.69, 9.17) is 16.3 Å². The van der Waals surface area contributed by atoms with E-state index in [1.807, 2.05) is 6.92 Å². The van der Waals surface area contributed by atoms with Gasteiger partial charge in [-0.15, -0.1) is 0 Å². The second kappa shape index (κ2) is 4.63. The fraction of sp³-hybridized carbons (Fsp3) is 0.182. The van der Waals surface area contributed by atoms with Crippen molar-refractivity contribution in [3.8, 4) is 17.4 Å². The Morgan fingerprint density at radius 3 is 2.71 bits per heavy atom. The molecule has 0 amide bonds. The molecule has 17 heavy (non-hydrogen) atoms. The van der Waals surface area contributed by atoms with Gasteiger partial charge >= 0.3 is 6.01 Å². The predicted octanol–water partition coefficient (Wildman–Crippen LogP) is 2.65. The van der Waals surface area contributed by atoms with E-state index < -0.39 is 5.82 Å². The number of rotatable bonds is 2. The van der Waals surface area contributed by atoms with Crippen molar-refractivity contribution in [3.05, 3.63) is 34.9 Å². The van der Waals surface area contributed by atoms with Crippen molar-refractivity contribution in [1.29, 1.82) is 0 Å². The Bertz CT molecular complexity index is 562. The normalized spacial score (nSPS) is 10.4. The summed E-state index contributed by atoms with van der Waals surface area (Å²) in [5.74, 6) is -0.261. The van der Waals surface area contributed by atoms with Gasteiger partial charge in [0, 0.05) is 0 Å². The van der Waals surface area contributed by atoms with E-state index in [0.29, 0.717) is 0 Å². The molecule has 4 nitrogen and oxygen atoms in total. The molecule has 6 heteroatoms. The number of ether oxygens (including phenoxy) is 1. The lowest BCUT2D eigenvalue weighted by molar-refractivity contribution is 0.378. The van der Waals surface area contributed by atoms with Crippen molar-refractivity contribution in [2.75, 3.05) is 7.11 Å². The summed E-state index contributed by atoms with van der Waals surface area (Å²) in [5, 5.41) is -0.0345. The van der Waals surface area contributed by atoms with E-state index in [0.717, 1.165) is 5.56 Å². The highest BCUT2D eigenvalue weighted by molar-refractivity contribution is 6.28. The average Bonchev–Trinajstić information content (AvgIpc) is 2.31. The van der Waals surface area contributed by atoms with Crippen LogP contribution in [0.3, 0.4) is 0 Å². The van der Waals surface area contributed by atoms with E-state index in [1.54, 1.807) is 12.1 Å². The SMILES string of the molecule is COc1nc(Cl)nc(-c2cc(C)ccc2F)n1. The lowest BCUT2D eigenvalue weighted by atomic mass is 10.1. The molecule has 1 heterocycles. The number of nitrogens with zero attached hydrogens (tertiary/aromatic N) is 3. The highest BCUT2D eigenvalue weighted by Gasteiger charge is 2.12. The molecule has 1 aromatic heterocycles. The first-order chi connectivity index (χ1) is 8.10. The Hall–Kier alpha value is -1.75. The van der Waals surface area contributed by atoms with Gasteiger partial charge in [0.25, 0.3) is 0 Å². The first-order valence-electron chi connectivity index (χ1n) is 4.82. The van der Waals surface area contributed by atoms with Gasteiger partial charge in [0.2, 0.25) is 5.28 Å². The van der Waals surface area contributed by atoms with Crippen LogP contribution in [0.5, 0.6) is 6.01 Å². The second-order valence-electron chi connectivity index (χ2n) is 3.40. The molecule has 0 atom stereocenters. The van der Waals surface area contributed by atoms with Crippen molar-refractivity contribution >= 4 is 11.6 Å². The van der Waals surface area contributed by atoms with Crippen LogP contribution in [-0.2, 0) is 0 Å². The summed E-state index contributed by atoms with van der Waals surface area (Å²) in [6.45, 7) is 1.85. The molecule has 0 spiro atoms. The molecule has 0 unspecified atom stereocenters. The van der Waals surface area contributed by atoms with E-state index in [-0.39, 0.29) is 22.7 Å². The third-order valence-electron chi connectivity index (χ3n) is 2.13. The van der Waals surface area contributed by atoms with Gasteiger partial charge in [-0.25, -0.2) is 4.39 Å². The molecule has 0 saturated carbocycles. The zero-order valence-electron chi connectivity index (χ0n) is 9.24. The minimum absolute atomic E-state index is 0.0345. The fourth-order valence-electron chi connectivity index (χ4n) is 1.35. The van der Waals surface area contributed by atoms with Crippen LogP contribution < -0.4 is 4.74 Å².